The summed E-state index contributed by atoms with van der Waals surface area (Å²) in [4.78, 5) is 16.4. The summed E-state index contributed by atoms with van der Waals surface area (Å²) in [7, 11) is 0. The van der Waals surface area contributed by atoms with E-state index in [2.05, 4.69) is 10.3 Å². The molecule has 3 aromatic rings. The van der Waals surface area contributed by atoms with Crippen LogP contribution in [0, 0.1) is 5.82 Å². The maximum atomic E-state index is 12.8. The molecule has 0 saturated carbocycles. The summed E-state index contributed by atoms with van der Waals surface area (Å²) in [6.45, 7) is 1.06. The Morgan fingerprint density at radius 1 is 1.08 bits per heavy atom. The van der Waals surface area contributed by atoms with Gasteiger partial charge in [0.25, 0.3) is 5.91 Å². The minimum absolute atomic E-state index is 0.161. The van der Waals surface area contributed by atoms with Crippen molar-refractivity contribution in [3.8, 4) is 11.4 Å². The van der Waals surface area contributed by atoms with Gasteiger partial charge in [0.2, 0.25) is 0 Å². The molecule has 6 heteroatoms. The van der Waals surface area contributed by atoms with Crippen LogP contribution in [-0.2, 0) is 0 Å². The van der Waals surface area contributed by atoms with E-state index >= 15 is 0 Å². The van der Waals surface area contributed by atoms with E-state index in [0.717, 1.165) is 18.5 Å². The van der Waals surface area contributed by atoms with E-state index in [1.807, 2.05) is 30.3 Å². The Balaban J connectivity index is 1.41. The molecule has 0 radical (unpaired) electrons. The highest BCUT2D eigenvalue weighted by atomic mass is 19.1. The summed E-state index contributed by atoms with van der Waals surface area (Å²) in [6.07, 6.45) is 4.75. The Bertz CT molecular complexity index is 832. The van der Waals surface area contributed by atoms with Crippen molar-refractivity contribution < 1.29 is 13.9 Å². The summed E-state index contributed by atoms with van der Waals surface area (Å²) >= 11 is 0. The van der Waals surface area contributed by atoms with Gasteiger partial charge in [-0.05, 0) is 49.2 Å². The number of nitrogens with zero attached hydrogens (tertiary/aromatic N) is 2. The Morgan fingerprint density at radius 3 is 2.62 bits per heavy atom. The normalized spacial score (nSPS) is 10.5. The molecule has 0 atom stereocenters. The largest absolute Gasteiger partial charge is 0.494 e. The van der Waals surface area contributed by atoms with Gasteiger partial charge < -0.3 is 10.1 Å². The van der Waals surface area contributed by atoms with E-state index in [-0.39, 0.29) is 11.7 Å². The summed E-state index contributed by atoms with van der Waals surface area (Å²) in [5.74, 6) is 0.197. The highest BCUT2D eigenvalue weighted by molar-refractivity contribution is 5.92. The number of hydrogen-bond acceptors (Lipinski definition) is 3. The fourth-order valence-corrected chi connectivity index (χ4v) is 2.50. The first-order chi connectivity index (χ1) is 12.7. The molecule has 1 heterocycles. The number of ether oxygens (including phenoxy) is 1. The number of carbonyl (C=O) groups is 1. The van der Waals surface area contributed by atoms with Gasteiger partial charge in [0.05, 0.1) is 19.1 Å². The number of aromatic nitrogens is 2. The zero-order valence-electron chi connectivity index (χ0n) is 14.3. The number of unbranched alkanes of at least 4 members (excludes halogenated alkanes) is 1. The van der Waals surface area contributed by atoms with Crippen LogP contribution in [0.25, 0.3) is 5.69 Å². The van der Waals surface area contributed by atoms with E-state index in [0.29, 0.717) is 24.6 Å². The number of amides is 1. The molecule has 0 unspecified atom stereocenters. The molecule has 1 N–H and O–H groups in total. The van der Waals surface area contributed by atoms with Gasteiger partial charge in [-0.15, -0.1) is 0 Å². The maximum absolute atomic E-state index is 12.8. The second-order valence-corrected chi connectivity index (χ2v) is 5.75. The van der Waals surface area contributed by atoms with Crippen molar-refractivity contribution in [2.24, 2.45) is 0 Å². The number of nitrogens with one attached hydrogen (secondary N) is 1. The van der Waals surface area contributed by atoms with E-state index in [9.17, 15) is 9.18 Å². The lowest BCUT2D eigenvalue weighted by Gasteiger charge is -2.09. The molecular weight excluding hydrogens is 333 g/mol. The van der Waals surface area contributed by atoms with Gasteiger partial charge in [-0.2, -0.15) is 0 Å². The van der Waals surface area contributed by atoms with Crippen LogP contribution in [-0.4, -0.2) is 28.6 Å². The molecule has 3 rings (SSSR count). The van der Waals surface area contributed by atoms with E-state index in [4.69, 9.17) is 4.74 Å². The lowest BCUT2D eigenvalue weighted by atomic mass is 10.3. The highest BCUT2D eigenvalue weighted by Crippen LogP contribution is 2.12. The summed E-state index contributed by atoms with van der Waals surface area (Å²) in [5, 5.41) is 2.90. The van der Waals surface area contributed by atoms with Crippen molar-refractivity contribution in [1.82, 2.24) is 14.9 Å². The fraction of sp³-hybridized carbons (Fsp3) is 0.200. The third-order valence-corrected chi connectivity index (χ3v) is 3.84. The second kappa shape index (κ2) is 8.80. The number of para-hydroxylation sites is 1. The standard InChI is InChI=1S/C20H20FN3O2/c21-16-8-10-18(11-9-16)26-13-5-4-12-23-20(25)19-14-22-15-24(19)17-6-2-1-3-7-17/h1-3,6-11,14-15H,4-5,12-13H2,(H,23,25). The zero-order valence-corrected chi connectivity index (χ0v) is 14.3. The van der Waals surface area contributed by atoms with Crippen molar-refractivity contribution in [2.45, 2.75) is 12.8 Å². The van der Waals surface area contributed by atoms with Crippen molar-refractivity contribution >= 4 is 5.91 Å². The number of carbonyl (C=O) groups excluding carboxylic acids is 1. The van der Waals surface area contributed by atoms with Gasteiger partial charge >= 0.3 is 0 Å². The van der Waals surface area contributed by atoms with Crippen molar-refractivity contribution in [2.75, 3.05) is 13.2 Å². The zero-order chi connectivity index (χ0) is 18.2. The summed E-state index contributed by atoms with van der Waals surface area (Å²) in [5.41, 5.74) is 1.39. The van der Waals surface area contributed by atoms with Gasteiger partial charge in [0, 0.05) is 12.2 Å². The maximum Gasteiger partial charge on any atom is 0.269 e. The van der Waals surface area contributed by atoms with E-state index in [1.54, 1.807) is 29.2 Å². The summed E-state index contributed by atoms with van der Waals surface area (Å²) < 4.78 is 20.1. The Hall–Kier alpha value is -3.15. The first-order valence-corrected chi connectivity index (χ1v) is 8.48. The SMILES string of the molecule is O=C(NCCCCOc1ccc(F)cc1)c1cncn1-c1ccccc1. The molecule has 1 aromatic heterocycles. The Labute approximate surface area is 151 Å². The van der Waals surface area contributed by atoms with Gasteiger partial charge in [0.1, 0.15) is 17.3 Å². The smallest absolute Gasteiger partial charge is 0.269 e. The number of hydrogen-bond donors (Lipinski definition) is 1. The molecule has 0 spiro atoms. The molecule has 134 valence electrons. The molecule has 0 aliphatic carbocycles. The number of rotatable bonds is 8. The third-order valence-electron chi connectivity index (χ3n) is 3.84. The fourth-order valence-electron chi connectivity index (χ4n) is 2.50. The number of halogens is 1. The quantitative estimate of drug-likeness (QED) is 0.630. The van der Waals surface area contributed by atoms with Gasteiger partial charge in [0.15, 0.2) is 0 Å². The van der Waals surface area contributed by atoms with Gasteiger partial charge in [-0.3, -0.25) is 9.36 Å². The Kier molecular flexibility index (Phi) is 5.98. The van der Waals surface area contributed by atoms with Crippen LogP contribution in [0.5, 0.6) is 5.75 Å². The van der Waals surface area contributed by atoms with Gasteiger partial charge in [-0.25, -0.2) is 9.37 Å². The molecule has 1 amide bonds. The van der Waals surface area contributed by atoms with Crippen LogP contribution >= 0.6 is 0 Å². The average Bonchev–Trinajstić information content (AvgIpc) is 3.16. The monoisotopic (exact) mass is 353 g/mol. The predicted molar refractivity (Wildman–Crippen MR) is 97.0 cm³/mol. The average molecular weight is 353 g/mol. The molecule has 2 aromatic carbocycles. The molecular formula is C20H20FN3O2. The van der Waals surface area contributed by atoms with E-state index in [1.165, 1.54) is 12.1 Å². The van der Waals surface area contributed by atoms with Crippen LogP contribution < -0.4 is 10.1 Å². The topological polar surface area (TPSA) is 56.1 Å². The van der Waals surface area contributed by atoms with Crippen LogP contribution in [0.3, 0.4) is 0 Å². The minimum Gasteiger partial charge on any atom is -0.494 e. The molecule has 26 heavy (non-hydrogen) atoms. The predicted octanol–water partition coefficient (Wildman–Crippen LogP) is 3.60. The molecule has 0 saturated heterocycles. The molecule has 0 fully saturated rings. The number of imidazole rings is 1. The molecule has 0 bridgehead atoms. The molecule has 0 aliphatic heterocycles. The summed E-state index contributed by atoms with van der Waals surface area (Å²) in [6, 6.07) is 15.5. The molecule has 0 aliphatic rings. The van der Waals surface area contributed by atoms with Crippen LogP contribution in [0.1, 0.15) is 23.3 Å². The first-order valence-electron chi connectivity index (χ1n) is 8.48. The van der Waals surface area contributed by atoms with Gasteiger partial charge in [-0.1, -0.05) is 18.2 Å². The van der Waals surface area contributed by atoms with Crippen molar-refractivity contribution in [3.05, 3.63) is 78.6 Å². The highest BCUT2D eigenvalue weighted by Gasteiger charge is 2.12. The first kappa shape index (κ1) is 17.7. The number of benzene rings is 2. The second-order valence-electron chi connectivity index (χ2n) is 5.75. The minimum atomic E-state index is -0.283. The van der Waals surface area contributed by atoms with Crippen molar-refractivity contribution in [1.29, 1.82) is 0 Å². The van der Waals surface area contributed by atoms with Crippen molar-refractivity contribution in [3.63, 3.8) is 0 Å². The molecule has 5 nitrogen and oxygen atoms in total. The lowest BCUT2D eigenvalue weighted by molar-refractivity contribution is 0.0945. The Morgan fingerprint density at radius 2 is 1.85 bits per heavy atom. The third kappa shape index (κ3) is 4.69. The lowest BCUT2D eigenvalue weighted by Crippen LogP contribution is -2.26. The van der Waals surface area contributed by atoms with E-state index < -0.39 is 0 Å². The van der Waals surface area contributed by atoms with Crippen LogP contribution in [0.4, 0.5) is 4.39 Å². The van der Waals surface area contributed by atoms with Crippen LogP contribution in [0.2, 0.25) is 0 Å². The van der Waals surface area contributed by atoms with Crippen LogP contribution in [0.15, 0.2) is 67.1 Å².